The Kier molecular flexibility index (Phi) is 4.77. The summed E-state index contributed by atoms with van der Waals surface area (Å²) in [6, 6.07) is 6.69. The van der Waals surface area contributed by atoms with Crippen molar-refractivity contribution in [2.24, 2.45) is 23.0 Å². The van der Waals surface area contributed by atoms with E-state index in [1.807, 2.05) is 19.9 Å². The monoisotopic (exact) mass is 477 g/mol. The molecule has 1 aromatic heterocycles. The van der Waals surface area contributed by atoms with Gasteiger partial charge in [-0.2, -0.15) is 5.10 Å². The number of nitrogens with one attached hydrogen (secondary N) is 1. The standard InChI is InChI=1S/C22H25Cl2N5O3/c1-21(2)16(22(21,23)24)9-26-20(32)15-8-11-7-14(11)29(15)17(30)10-28-13-6-4-3-5-12(13)18(27-28)19(25)31/h3-6,11,14-16H,7-10H2,1-2H3,(H2,25,31)(H,26,32)/t11-,14-,15+,16?/m1/s1. The number of carbonyl (C=O) groups excluding carboxylic acids is 3. The Morgan fingerprint density at radius 1 is 1.22 bits per heavy atom. The van der Waals surface area contributed by atoms with Gasteiger partial charge < -0.3 is 16.0 Å². The first-order valence-electron chi connectivity index (χ1n) is 10.8. The molecule has 170 valence electrons. The highest BCUT2D eigenvalue weighted by Gasteiger charge is 2.69. The zero-order chi connectivity index (χ0) is 23.0. The third-order valence-electron chi connectivity index (χ3n) is 7.44. The fraction of sp³-hybridized carbons (Fsp3) is 0.545. The molecule has 0 spiro atoms. The second kappa shape index (κ2) is 7.09. The quantitative estimate of drug-likeness (QED) is 0.620. The minimum Gasteiger partial charge on any atom is -0.364 e. The lowest BCUT2D eigenvalue weighted by Gasteiger charge is -2.27. The normalized spacial score (nSPS) is 28.9. The summed E-state index contributed by atoms with van der Waals surface area (Å²) in [7, 11) is 0. The molecule has 3 amide bonds. The number of alkyl halides is 2. The Morgan fingerprint density at radius 2 is 1.91 bits per heavy atom. The number of hydrogen-bond donors (Lipinski definition) is 2. The van der Waals surface area contributed by atoms with Gasteiger partial charge in [0.05, 0.1) is 5.52 Å². The van der Waals surface area contributed by atoms with Crippen molar-refractivity contribution < 1.29 is 14.4 Å². The van der Waals surface area contributed by atoms with Gasteiger partial charge in [0.25, 0.3) is 5.91 Å². The van der Waals surface area contributed by atoms with E-state index in [0.29, 0.717) is 29.8 Å². The number of piperidine rings is 1. The number of hydrogen-bond acceptors (Lipinski definition) is 4. The third kappa shape index (κ3) is 3.18. The predicted octanol–water partition coefficient (Wildman–Crippen LogP) is 2.07. The van der Waals surface area contributed by atoms with Gasteiger partial charge in [0, 0.05) is 29.3 Å². The van der Waals surface area contributed by atoms with Gasteiger partial charge in [-0.05, 0) is 24.8 Å². The van der Waals surface area contributed by atoms with E-state index >= 15 is 0 Å². The van der Waals surface area contributed by atoms with Crippen LogP contribution >= 0.6 is 23.2 Å². The van der Waals surface area contributed by atoms with Gasteiger partial charge in [-0.25, -0.2) is 0 Å². The van der Waals surface area contributed by atoms with Gasteiger partial charge in [0.1, 0.15) is 16.9 Å². The molecule has 5 rings (SSSR count). The van der Waals surface area contributed by atoms with E-state index in [4.69, 9.17) is 28.9 Å². The lowest BCUT2D eigenvalue weighted by Crippen LogP contribution is -2.49. The zero-order valence-electron chi connectivity index (χ0n) is 17.8. The number of nitrogens with two attached hydrogens (primary N) is 1. The minimum absolute atomic E-state index is 0.0370. The van der Waals surface area contributed by atoms with Gasteiger partial charge in [-0.15, -0.1) is 23.2 Å². The molecule has 0 bridgehead atoms. The number of primary amides is 1. The van der Waals surface area contributed by atoms with Crippen molar-refractivity contribution >= 4 is 51.8 Å². The fourth-order valence-corrected chi connectivity index (χ4v) is 6.00. The Morgan fingerprint density at radius 3 is 2.56 bits per heavy atom. The van der Waals surface area contributed by atoms with Crippen molar-refractivity contribution in [1.82, 2.24) is 20.0 Å². The molecule has 3 fully saturated rings. The summed E-state index contributed by atoms with van der Waals surface area (Å²) in [5.74, 6) is -0.714. The molecule has 2 heterocycles. The molecular formula is C22H25Cl2N5O3. The number of carbonyl (C=O) groups is 3. The number of nitrogens with zero attached hydrogens (tertiary/aromatic N) is 3. The van der Waals surface area contributed by atoms with Crippen LogP contribution in [0.5, 0.6) is 0 Å². The Hall–Kier alpha value is -2.32. The lowest BCUT2D eigenvalue weighted by atomic mass is 10.1. The molecule has 32 heavy (non-hydrogen) atoms. The average Bonchev–Trinajstić information content (AvgIpc) is 3.39. The SMILES string of the molecule is CC1(C)C(CNC(=O)[C@@H]2C[C@H]3C[C@H]3N2C(=O)Cn2nc(C(N)=O)c3ccccc32)C1(Cl)Cl. The number of fused-ring (bicyclic) bond motifs is 2. The first-order chi connectivity index (χ1) is 15.0. The molecule has 2 aromatic rings. The maximum atomic E-state index is 13.3. The Balaban J connectivity index is 1.31. The van der Waals surface area contributed by atoms with Crippen LogP contribution in [0.4, 0.5) is 0 Å². The van der Waals surface area contributed by atoms with Crippen molar-refractivity contribution in [2.75, 3.05) is 6.54 Å². The van der Waals surface area contributed by atoms with Crippen molar-refractivity contribution in [1.29, 1.82) is 0 Å². The van der Waals surface area contributed by atoms with Crippen LogP contribution in [0.15, 0.2) is 24.3 Å². The van der Waals surface area contributed by atoms with Crippen LogP contribution < -0.4 is 11.1 Å². The van der Waals surface area contributed by atoms with E-state index in [2.05, 4.69) is 10.4 Å². The topological polar surface area (TPSA) is 110 Å². The van der Waals surface area contributed by atoms with Crippen LogP contribution in [0.1, 0.15) is 37.2 Å². The van der Waals surface area contributed by atoms with Crippen LogP contribution in [0.2, 0.25) is 0 Å². The van der Waals surface area contributed by atoms with Crippen LogP contribution in [0, 0.1) is 17.3 Å². The van der Waals surface area contributed by atoms with Crippen molar-refractivity contribution in [2.45, 2.75) is 49.7 Å². The van der Waals surface area contributed by atoms with E-state index in [-0.39, 0.29) is 41.4 Å². The molecule has 1 aromatic carbocycles. The summed E-state index contributed by atoms with van der Waals surface area (Å²) < 4.78 is 0.636. The largest absolute Gasteiger partial charge is 0.364 e. The van der Waals surface area contributed by atoms with Gasteiger partial charge in [0.2, 0.25) is 11.8 Å². The predicted molar refractivity (Wildman–Crippen MR) is 120 cm³/mol. The maximum Gasteiger partial charge on any atom is 0.269 e. The van der Waals surface area contributed by atoms with Gasteiger partial charge in [-0.3, -0.25) is 19.1 Å². The molecular weight excluding hydrogens is 453 g/mol. The molecule has 1 unspecified atom stereocenters. The third-order valence-corrected chi connectivity index (χ3v) is 8.94. The number of halogens is 2. The summed E-state index contributed by atoms with van der Waals surface area (Å²) in [6.45, 7) is 4.25. The number of likely N-dealkylation sites (tertiary alicyclic amines) is 1. The van der Waals surface area contributed by atoms with Crippen LogP contribution in [0.3, 0.4) is 0 Å². The zero-order valence-corrected chi connectivity index (χ0v) is 19.4. The highest BCUT2D eigenvalue weighted by Crippen LogP contribution is 2.68. The first kappa shape index (κ1) is 21.5. The van der Waals surface area contributed by atoms with Crippen molar-refractivity contribution in [3.05, 3.63) is 30.0 Å². The molecule has 0 radical (unpaired) electrons. The Bertz CT molecular complexity index is 1130. The molecule has 3 aliphatic rings. The lowest BCUT2D eigenvalue weighted by molar-refractivity contribution is -0.140. The number of aromatic nitrogens is 2. The highest BCUT2D eigenvalue weighted by atomic mass is 35.5. The van der Waals surface area contributed by atoms with E-state index in [1.165, 1.54) is 4.68 Å². The molecule has 2 aliphatic carbocycles. The molecule has 8 nitrogen and oxygen atoms in total. The molecule has 1 aliphatic heterocycles. The number of rotatable bonds is 6. The van der Waals surface area contributed by atoms with Crippen LogP contribution in [-0.4, -0.2) is 55.4 Å². The molecule has 2 saturated carbocycles. The maximum absolute atomic E-state index is 13.3. The smallest absolute Gasteiger partial charge is 0.269 e. The number of para-hydroxylation sites is 1. The van der Waals surface area contributed by atoms with E-state index in [0.717, 1.165) is 6.42 Å². The summed E-state index contributed by atoms with van der Waals surface area (Å²) in [4.78, 5) is 39.7. The van der Waals surface area contributed by atoms with E-state index in [9.17, 15) is 14.4 Å². The summed E-state index contributed by atoms with van der Waals surface area (Å²) in [5.41, 5.74) is 5.97. The average molecular weight is 478 g/mol. The summed E-state index contributed by atoms with van der Waals surface area (Å²) >= 11 is 12.6. The highest BCUT2D eigenvalue weighted by molar-refractivity contribution is 6.51. The van der Waals surface area contributed by atoms with Gasteiger partial charge in [0.15, 0.2) is 5.69 Å². The molecule has 3 N–H and O–H groups in total. The van der Waals surface area contributed by atoms with E-state index in [1.54, 1.807) is 23.1 Å². The first-order valence-corrected chi connectivity index (χ1v) is 11.5. The van der Waals surface area contributed by atoms with Crippen LogP contribution in [-0.2, 0) is 16.1 Å². The molecule has 4 atom stereocenters. The van der Waals surface area contributed by atoms with Crippen molar-refractivity contribution in [3.8, 4) is 0 Å². The van der Waals surface area contributed by atoms with Gasteiger partial charge in [-0.1, -0.05) is 32.0 Å². The van der Waals surface area contributed by atoms with Gasteiger partial charge >= 0.3 is 0 Å². The summed E-state index contributed by atoms with van der Waals surface area (Å²) in [5, 5.41) is 7.83. The van der Waals surface area contributed by atoms with E-state index < -0.39 is 16.3 Å². The molecule has 10 heteroatoms. The second-order valence-corrected chi connectivity index (χ2v) is 11.0. The minimum atomic E-state index is -0.854. The fourth-order valence-electron chi connectivity index (χ4n) is 5.15. The van der Waals surface area contributed by atoms with Crippen molar-refractivity contribution in [3.63, 3.8) is 0 Å². The summed E-state index contributed by atoms with van der Waals surface area (Å²) in [6.07, 6.45) is 1.56. The number of benzene rings is 1. The molecule has 1 saturated heterocycles. The Labute approximate surface area is 195 Å². The van der Waals surface area contributed by atoms with Crippen LogP contribution in [0.25, 0.3) is 10.9 Å². The second-order valence-electron chi connectivity index (χ2n) is 9.65. The number of amides is 3.